The zero-order valence-electron chi connectivity index (χ0n) is 76.5. The summed E-state index contributed by atoms with van der Waals surface area (Å²) in [4.78, 5) is 62.4. The van der Waals surface area contributed by atoms with Crippen molar-refractivity contribution in [3.63, 3.8) is 0 Å². The van der Waals surface area contributed by atoms with E-state index in [4.69, 9.17) is 34.2 Å². The van der Waals surface area contributed by atoms with Gasteiger partial charge in [0.05, 0.1) is 133 Å². The van der Waals surface area contributed by atoms with Crippen LogP contribution in [0.3, 0.4) is 0 Å². The van der Waals surface area contributed by atoms with E-state index in [0.29, 0.717) is 86.2 Å². The summed E-state index contributed by atoms with van der Waals surface area (Å²) in [6.07, 6.45) is 13.4. The zero-order chi connectivity index (χ0) is 98.4. The van der Waals surface area contributed by atoms with Gasteiger partial charge < -0.3 is 66.1 Å². The van der Waals surface area contributed by atoms with E-state index in [1.54, 1.807) is 81.7 Å². The second-order valence-electron chi connectivity index (χ2n) is 32.1. The number of hydrogen-bond acceptors (Lipinski definition) is 31. The fraction of sp³-hybridized carbons (Fsp3) is 0.255. The highest BCUT2D eigenvalue weighted by molar-refractivity contribution is 7.19. The Morgan fingerprint density at radius 3 is 1.01 bits per heavy atom. The molecule has 0 bridgehead atoms. The Balaban J connectivity index is 0.000000133. The third kappa shape index (κ3) is 27.9. The minimum Gasteiger partial charge on any atom is -0.491 e. The van der Waals surface area contributed by atoms with Gasteiger partial charge in [0.1, 0.15) is 102 Å². The Bertz CT molecular complexity index is 7220. The van der Waals surface area contributed by atoms with Crippen molar-refractivity contribution in [1.29, 1.82) is 0 Å². The van der Waals surface area contributed by atoms with E-state index < -0.39 is 42.2 Å². The summed E-state index contributed by atoms with van der Waals surface area (Å²) in [5, 5.41) is 30.9. The smallest absolute Gasteiger partial charge is 0.248 e. The molecule has 6 aromatic carbocycles. The van der Waals surface area contributed by atoms with Crippen LogP contribution in [0.15, 0.2) is 204 Å². The molecule has 139 heavy (non-hydrogen) atoms. The van der Waals surface area contributed by atoms with E-state index in [0.717, 1.165) is 129 Å². The molecule has 18 aromatic rings. The topological polar surface area (TPSA) is 325 Å². The number of benzene rings is 6. The van der Waals surface area contributed by atoms with Crippen molar-refractivity contribution in [2.24, 2.45) is 5.73 Å². The number of hydrogen-bond donors (Lipinski definition) is 7. The van der Waals surface area contributed by atoms with Gasteiger partial charge in [0.25, 0.3) is 0 Å². The zero-order valence-corrected chi connectivity index (χ0v) is 81.4. The molecule has 12 aromatic heterocycles. The van der Waals surface area contributed by atoms with Crippen LogP contribution in [0.5, 0.6) is 34.5 Å². The largest absolute Gasteiger partial charge is 0.491 e. The maximum absolute atomic E-state index is 13.6. The van der Waals surface area contributed by atoms with Crippen LogP contribution in [-0.2, 0) is 0 Å². The Hall–Kier alpha value is -14.0. The van der Waals surface area contributed by atoms with E-state index in [1.807, 2.05) is 112 Å². The molecule has 1 fully saturated rings. The number of anilines is 12. The molecule has 0 saturated heterocycles. The molecule has 41 heteroatoms. The summed E-state index contributed by atoms with van der Waals surface area (Å²) < 4.78 is 159. The molecule has 1 amide bonds. The number of fused-ring (bicyclic) bond motifs is 6. The lowest BCUT2D eigenvalue weighted by Gasteiger charge is -2.17. The second-order valence-corrected chi connectivity index (χ2v) is 37.5. The lowest BCUT2D eigenvalue weighted by Crippen LogP contribution is -2.15. The molecule has 0 radical (unpaired) electrons. The molecule has 1 unspecified atom stereocenters. The molecule has 1 saturated carbocycles. The third-order valence-electron chi connectivity index (χ3n) is 20.4. The maximum Gasteiger partial charge on any atom is 0.248 e. The molecular weight excluding hydrogens is 1920 g/mol. The molecular formula is C98H94F9N19O7S6. The van der Waals surface area contributed by atoms with Gasteiger partial charge in [0.2, 0.25) is 17.8 Å². The van der Waals surface area contributed by atoms with E-state index in [2.05, 4.69) is 91.7 Å². The molecule has 19 rings (SSSR count). The van der Waals surface area contributed by atoms with Gasteiger partial charge in [-0.15, -0.1) is 68.0 Å². The molecule has 26 nitrogen and oxygen atoms in total. The number of aromatic nitrogens is 12. The van der Waals surface area contributed by atoms with E-state index >= 15 is 0 Å². The van der Waals surface area contributed by atoms with Gasteiger partial charge in [0, 0.05) is 48.7 Å². The van der Waals surface area contributed by atoms with Crippen LogP contribution in [0.4, 0.5) is 109 Å². The first-order valence-electron chi connectivity index (χ1n) is 43.6. The number of carbonyl (C=O) groups is 1. The first kappa shape index (κ1) is 101. The summed E-state index contributed by atoms with van der Waals surface area (Å²) in [7, 11) is 0. The normalized spacial score (nSPS) is 12.2. The molecule has 0 aliphatic heterocycles. The molecule has 1 atom stereocenters. The molecule has 1 aliphatic carbocycles. The summed E-state index contributed by atoms with van der Waals surface area (Å²) in [5.41, 5.74) is 16.9. The van der Waals surface area contributed by atoms with Gasteiger partial charge in [-0.3, -0.25) is 4.79 Å². The summed E-state index contributed by atoms with van der Waals surface area (Å²) >= 11 is 9.22. The maximum atomic E-state index is 13.6. The summed E-state index contributed by atoms with van der Waals surface area (Å²) in [6.45, 7) is 16.8. The lowest BCUT2D eigenvalue weighted by molar-refractivity contribution is 0.0000335. The predicted octanol–water partition coefficient (Wildman–Crippen LogP) is 27.9. The van der Waals surface area contributed by atoms with Gasteiger partial charge in [-0.25, -0.2) is 99.3 Å². The molecule has 8 N–H and O–H groups in total. The minimum absolute atomic E-state index is 0.0147. The Kier molecular flexibility index (Phi) is 34.1. The number of nitrogens with two attached hydrogens (primary N) is 1. The van der Waals surface area contributed by atoms with Crippen molar-refractivity contribution in [3.05, 3.63) is 249 Å². The van der Waals surface area contributed by atoms with E-state index in [1.165, 1.54) is 134 Å². The van der Waals surface area contributed by atoms with Gasteiger partial charge in [-0.2, -0.15) is 0 Å². The number of nitrogens with zero attached hydrogens (tertiary/aromatic N) is 12. The van der Waals surface area contributed by atoms with Gasteiger partial charge in [-0.1, -0.05) is 6.92 Å². The van der Waals surface area contributed by atoms with E-state index in [9.17, 15) is 44.3 Å². The fourth-order valence-corrected chi connectivity index (χ4v) is 18.5. The number of nitrogens with one attached hydrogen (secondary N) is 6. The second kappa shape index (κ2) is 46.9. The number of amides is 1. The van der Waals surface area contributed by atoms with Crippen molar-refractivity contribution in [3.8, 4) is 34.5 Å². The number of ether oxygens (including phenoxy) is 6. The SMILES string of the molecule is CC(C)Oc1cc(F)ccc1Nc1ncnc2ccsc12.CC(F)(F)CCOc1cc(F)ccc1Nc1ncnc2ccsc12.CCC(C)Oc1cc(C(N)=O)ccc1Nc1ncnc2ccsc12.Cc1csc2c(Nc3ccc(F)cc3OC(C)C)ncnc12.Cc1csc2c(Nc3ccc(F)cc3OCCC(C)(F)F)ncnc12.Fc1ccc(Nc2ncnc3ccsc23)c(OC2CCCC2)c1. The number of aryl methyl sites for hydroxylation is 2. The summed E-state index contributed by atoms with van der Waals surface area (Å²) in [5.74, 6) is -1.88. The van der Waals surface area contributed by atoms with Crippen LogP contribution in [0.1, 0.15) is 122 Å². The number of primary amides is 1. The monoisotopic (exact) mass is 2010 g/mol. The van der Waals surface area contributed by atoms with Crippen molar-refractivity contribution in [2.45, 2.75) is 150 Å². The lowest BCUT2D eigenvalue weighted by atomic mass is 10.1. The average Bonchev–Trinajstić information content (AvgIpc) is 1.65. The molecule has 1 aliphatic rings. The minimum atomic E-state index is -2.84. The van der Waals surface area contributed by atoms with Gasteiger partial charge in [0.15, 0.2) is 34.9 Å². The van der Waals surface area contributed by atoms with Crippen LogP contribution in [0.2, 0.25) is 0 Å². The highest BCUT2D eigenvalue weighted by Gasteiger charge is 2.26. The Morgan fingerprint density at radius 1 is 0.388 bits per heavy atom. The first-order chi connectivity index (χ1) is 66.8. The number of rotatable bonds is 30. The van der Waals surface area contributed by atoms with Crippen LogP contribution < -0.4 is 66.1 Å². The van der Waals surface area contributed by atoms with Crippen molar-refractivity contribution in [2.75, 3.05) is 45.1 Å². The van der Waals surface area contributed by atoms with Crippen molar-refractivity contribution < 1.29 is 72.7 Å². The van der Waals surface area contributed by atoms with Crippen LogP contribution >= 0.6 is 68.0 Å². The number of carbonyl (C=O) groups excluding carboxylic acids is 1. The van der Waals surface area contributed by atoms with Crippen LogP contribution in [0, 0.1) is 42.9 Å². The number of halogens is 9. The van der Waals surface area contributed by atoms with Gasteiger partial charge in [-0.05, 0) is 241 Å². The molecule has 12 heterocycles. The number of alkyl halides is 4. The van der Waals surface area contributed by atoms with Crippen LogP contribution in [0.25, 0.3) is 61.3 Å². The molecule has 722 valence electrons. The third-order valence-corrected chi connectivity index (χ3v) is 26.2. The van der Waals surface area contributed by atoms with Gasteiger partial charge >= 0.3 is 0 Å². The summed E-state index contributed by atoms with van der Waals surface area (Å²) in [6, 6.07) is 34.0. The Labute approximate surface area is 816 Å². The fourth-order valence-electron chi connectivity index (χ4n) is 13.5. The Morgan fingerprint density at radius 2 is 0.683 bits per heavy atom. The first-order valence-corrected chi connectivity index (χ1v) is 48.9. The quantitative estimate of drug-likeness (QED) is 0.0206. The van der Waals surface area contributed by atoms with Crippen LogP contribution in [-0.4, -0.2) is 115 Å². The average molecular weight is 2010 g/mol. The number of thiophene rings is 6. The standard InChI is InChI=1S/C17H16F3N3OS.C17H16FN3OS.C17H18N4O2S.C16H14F3N3OS.C16H16FN3OS.C15H14FN3OS/c1-10-8-25-15-14(10)21-9-22-16(15)23-12-4-3-11(18)7-13(12)24-6-5-17(2,19)20;18-11-5-6-13(15(9-11)22-12-3-1-2-4-12)21-17-16-14(7-8-23-16)19-10-20-17;1-3-10(2)23-14-8-11(16(18)22)4-5-12(14)21-17-15-13(6-7-24-15)19-9-20-17;1-16(18,19)5-6-23-13-8-10(17)2-3-11(13)22-15-14-12(4-7-24-14)20-9-21-15;1-9(2)21-13-6-11(17)4-5-12(13)20-16-15-14(18-8-19-16)10(3)7-22-15;1-9(2)20-13-7-10(16)3-4-11(13)19-15-14-12(5-6-21-14)17-8-18-15/h3-4,7-9H,5-6H2,1-2H3,(H,21,22,23);5-10,12H,1-4H2,(H,19,20,21);4-10H,3H2,1-2H3,(H2,18,22)(H,19,20,21);2-4,7-9H,5-6H2,1H3,(H,20,21,22);4-9H,1-3H3,(H,18,19,20);3-9H,1-2H3,(H,17,18,19). The van der Waals surface area contributed by atoms with E-state index in [-0.39, 0.29) is 66.6 Å². The molecule has 0 spiro atoms. The van der Waals surface area contributed by atoms with Crippen molar-refractivity contribution in [1.82, 2.24) is 59.8 Å². The highest BCUT2D eigenvalue weighted by Crippen LogP contribution is 2.42. The van der Waals surface area contributed by atoms with Crippen molar-refractivity contribution >= 4 is 204 Å². The predicted molar refractivity (Wildman–Crippen MR) is 537 cm³/mol. The highest BCUT2D eigenvalue weighted by atomic mass is 32.1.